The molecule has 2 heterocycles. The molecule has 0 atom stereocenters. The fourth-order valence-corrected chi connectivity index (χ4v) is 3.22. The Labute approximate surface area is 125 Å². The van der Waals surface area contributed by atoms with Gasteiger partial charge in [0.2, 0.25) is 0 Å². The van der Waals surface area contributed by atoms with Crippen molar-refractivity contribution in [2.75, 3.05) is 5.32 Å². The fraction of sp³-hybridized carbons (Fsp3) is 0.625. The second-order valence-electron chi connectivity index (χ2n) is 6.73. The molecule has 2 N–H and O–H groups in total. The van der Waals surface area contributed by atoms with Gasteiger partial charge in [0.1, 0.15) is 5.82 Å². The average molecular weight is 288 g/mol. The first kappa shape index (κ1) is 14.3. The Morgan fingerprint density at radius 2 is 1.95 bits per heavy atom. The number of hydrogen-bond donors (Lipinski definition) is 2. The van der Waals surface area contributed by atoms with E-state index in [2.05, 4.69) is 15.4 Å². The number of nitrogens with one attached hydrogen (secondary N) is 1. The van der Waals surface area contributed by atoms with E-state index in [9.17, 15) is 5.11 Å². The van der Waals surface area contributed by atoms with Crippen LogP contribution in [0.1, 0.15) is 45.2 Å². The molecule has 2 aromatic heterocycles. The Bertz CT molecular complexity index is 621. The van der Waals surface area contributed by atoms with Crippen LogP contribution in [0.15, 0.2) is 18.3 Å². The van der Waals surface area contributed by atoms with Crippen molar-refractivity contribution in [3.63, 3.8) is 0 Å². The van der Waals surface area contributed by atoms with Gasteiger partial charge in [-0.05, 0) is 64.5 Å². The Kier molecular flexibility index (Phi) is 3.61. The van der Waals surface area contributed by atoms with E-state index >= 15 is 0 Å². The Balaban J connectivity index is 1.65. The van der Waals surface area contributed by atoms with Gasteiger partial charge in [-0.25, -0.2) is 9.50 Å². The van der Waals surface area contributed by atoms with Crippen molar-refractivity contribution >= 4 is 11.5 Å². The molecule has 3 rings (SSSR count). The number of nitrogens with zero attached hydrogens (tertiary/aromatic N) is 3. The molecule has 2 aromatic rings. The summed E-state index contributed by atoms with van der Waals surface area (Å²) in [5, 5.41) is 18.2. The maximum absolute atomic E-state index is 10.1. The number of anilines is 1. The highest BCUT2D eigenvalue weighted by Gasteiger charge is 2.31. The molecule has 0 aromatic carbocycles. The van der Waals surface area contributed by atoms with Crippen molar-refractivity contribution in [3.8, 4) is 0 Å². The highest BCUT2D eigenvalue weighted by molar-refractivity contribution is 5.45. The van der Waals surface area contributed by atoms with Gasteiger partial charge >= 0.3 is 0 Å². The second-order valence-corrected chi connectivity index (χ2v) is 6.73. The SMILES string of the molecule is Cc1cnc2ccc(NC3CCC(C(C)(C)O)CC3)nn12. The predicted molar refractivity (Wildman–Crippen MR) is 83.4 cm³/mol. The van der Waals surface area contributed by atoms with E-state index in [4.69, 9.17) is 0 Å². The van der Waals surface area contributed by atoms with Gasteiger partial charge in [0.05, 0.1) is 17.5 Å². The van der Waals surface area contributed by atoms with Gasteiger partial charge in [0.15, 0.2) is 5.65 Å². The second kappa shape index (κ2) is 5.30. The maximum Gasteiger partial charge on any atom is 0.153 e. The minimum Gasteiger partial charge on any atom is -0.390 e. The zero-order chi connectivity index (χ0) is 15.0. The maximum atomic E-state index is 10.1. The van der Waals surface area contributed by atoms with E-state index in [0.717, 1.165) is 42.8 Å². The van der Waals surface area contributed by atoms with Crippen LogP contribution >= 0.6 is 0 Å². The first-order valence-electron chi connectivity index (χ1n) is 7.74. The lowest BCUT2D eigenvalue weighted by Gasteiger charge is -2.36. The monoisotopic (exact) mass is 288 g/mol. The quantitative estimate of drug-likeness (QED) is 0.911. The first-order valence-corrected chi connectivity index (χ1v) is 7.74. The van der Waals surface area contributed by atoms with Gasteiger partial charge in [-0.3, -0.25) is 0 Å². The normalized spacial score (nSPS) is 23.4. The van der Waals surface area contributed by atoms with Crippen LogP contribution in [0.2, 0.25) is 0 Å². The van der Waals surface area contributed by atoms with Crippen LogP contribution in [0.5, 0.6) is 0 Å². The molecule has 0 spiro atoms. The summed E-state index contributed by atoms with van der Waals surface area (Å²) in [5.74, 6) is 1.30. The van der Waals surface area contributed by atoms with Crippen LogP contribution in [-0.4, -0.2) is 31.3 Å². The Morgan fingerprint density at radius 3 is 2.62 bits per heavy atom. The molecule has 0 amide bonds. The average Bonchev–Trinajstić information content (AvgIpc) is 2.80. The molecule has 0 saturated heterocycles. The van der Waals surface area contributed by atoms with Gasteiger partial charge in [0, 0.05) is 6.04 Å². The smallest absolute Gasteiger partial charge is 0.153 e. The summed E-state index contributed by atoms with van der Waals surface area (Å²) in [6, 6.07) is 4.42. The van der Waals surface area contributed by atoms with Crippen LogP contribution in [0, 0.1) is 12.8 Å². The highest BCUT2D eigenvalue weighted by atomic mass is 16.3. The summed E-state index contributed by atoms with van der Waals surface area (Å²) in [6.07, 6.45) is 6.12. The molecule has 1 aliphatic rings. The summed E-state index contributed by atoms with van der Waals surface area (Å²) in [7, 11) is 0. The van der Waals surface area contributed by atoms with Crippen molar-refractivity contribution in [3.05, 3.63) is 24.0 Å². The van der Waals surface area contributed by atoms with Crippen molar-refractivity contribution in [1.29, 1.82) is 0 Å². The number of aryl methyl sites for hydroxylation is 1. The van der Waals surface area contributed by atoms with Crippen LogP contribution in [0.4, 0.5) is 5.82 Å². The number of aliphatic hydroxyl groups is 1. The molecule has 0 unspecified atom stereocenters. The third-order valence-electron chi connectivity index (χ3n) is 4.61. The molecule has 1 saturated carbocycles. The van der Waals surface area contributed by atoms with Crippen LogP contribution in [-0.2, 0) is 0 Å². The van der Waals surface area contributed by atoms with Crippen molar-refractivity contribution in [2.24, 2.45) is 5.92 Å². The standard InChI is InChI=1S/C16H24N4O/c1-11-10-17-15-9-8-14(19-20(11)15)18-13-6-4-12(5-7-13)16(2,3)21/h8-10,12-13,21H,4-7H2,1-3H3,(H,18,19). The van der Waals surface area contributed by atoms with E-state index in [1.165, 1.54) is 0 Å². The number of aromatic nitrogens is 3. The summed E-state index contributed by atoms with van der Waals surface area (Å²) in [6.45, 7) is 5.84. The van der Waals surface area contributed by atoms with Gasteiger partial charge in [-0.15, -0.1) is 5.10 Å². The van der Waals surface area contributed by atoms with E-state index in [1.54, 1.807) is 0 Å². The zero-order valence-electron chi connectivity index (χ0n) is 13.0. The summed E-state index contributed by atoms with van der Waals surface area (Å²) >= 11 is 0. The third-order valence-corrected chi connectivity index (χ3v) is 4.61. The summed E-state index contributed by atoms with van der Waals surface area (Å²) < 4.78 is 1.87. The van der Waals surface area contributed by atoms with E-state index in [0.29, 0.717) is 12.0 Å². The summed E-state index contributed by atoms with van der Waals surface area (Å²) in [4.78, 5) is 4.29. The Hall–Kier alpha value is -1.62. The molecule has 114 valence electrons. The molecule has 1 aliphatic carbocycles. The lowest BCUT2D eigenvalue weighted by atomic mass is 9.77. The van der Waals surface area contributed by atoms with Crippen LogP contribution in [0.25, 0.3) is 5.65 Å². The van der Waals surface area contributed by atoms with Gasteiger partial charge < -0.3 is 10.4 Å². The first-order chi connectivity index (χ1) is 9.93. The Morgan fingerprint density at radius 1 is 1.24 bits per heavy atom. The molecule has 1 fully saturated rings. The molecular formula is C16H24N4O. The third kappa shape index (κ3) is 3.02. The summed E-state index contributed by atoms with van der Waals surface area (Å²) in [5.41, 5.74) is 1.36. The number of fused-ring (bicyclic) bond motifs is 1. The van der Waals surface area contributed by atoms with Gasteiger partial charge in [-0.2, -0.15) is 0 Å². The highest BCUT2D eigenvalue weighted by Crippen LogP contribution is 2.33. The fourth-order valence-electron chi connectivity index (χ4n) is 3.22. The minimum atomic E-state index is -0.559. The zero-order valence-corrected chi connectivity index (χ0v) is 13.0. The minimum absolute atomic E-state index is 0.405. The number of rotatable bonds is 3. The van der Waals surface area contributed by atoms with Crippen LogP contribution in [0.3, 0.4) is 0 Å². The van der Waals surface area contributed by atoms with E-state index in [1.807, 2.05) is 43.6 Å². The molecule has 5 heteroatoms. The van der Waals surface area contributed by atoms with E-state index < -0.39 is 5.60 Å². The number of imidazole rings is 1. The molecule has 0 aliphatic heterocycles. The van der Waals surface area contributed by atoms with Crippen molar-refractivity contribution in [1.82, 2.24) is 14.6 Å². The topological polar surface area (TPSA) is 62.5 Å². The van der Waals surface area contributed by atoms with Crippen molar-refractivity contribution in [2.45, 2.75) is 58.1 Å². The lowest BCUT2D eigenvalue weighted by molar-refractivity contribution is -0.000405. The number of hydrogen-bond acceptors (Lipinski definition) is 4. The molecule has 0 radical (unpaired) electrons. The largest absolute Gasteiger partial charge is 0.390 e. The molecular weight excluding hydrogens is 264 g/mol. The molecule has 0 bridgehead atoms. The van der Waals surface area contributed by atoms with Gasteiger partial charge in [-0.1, -0.05) is 0 Å². The van der Waals surface area contributed by atoms with E-state index in [-0.39, 0.29) is 0 Å². The molecule has 5 nitrogen and oxygen atoms in total. The van der Waals surface area contributed by atoms with Crippen LogP contribution < -0.4 is 5.32 Å². The van der Waals surface area contributed by atoms with Gasteiger partial charge in [0.25, 0.3) is 0 Å². The predicted octanol–water partition coefficient (Wildman–Crippen LogP) is 2.78. The lowest BCUT2D eigenvalue weighted by Crippen LogP contribution is -2.37. The molecule has 21 heavy (non-hydrogen) atoms. The van der Waals surface area contributed by atoms with Crippen molar-refractivity contribution < 1.29 is 5.11 Å².